The molecule has 0 atom stereocenters. The molecule has 0 amide bonds. The van der Waals surface area contributed by atoms with Crippen LogP contribution in [-0.4, -0.2) is 18.1 Å². The fraction of sp³-hybridized carbons (Fsp3) is 0.316. The summed E-state index contributed by atoms with van der Waals surface area (Å²) in [6.07, 6.45) is 2.60. The van der Waals surface area contributed by atoms with Crippen molar-refractivity contribution in [2.24, 2.45) is 0 Å². The average molecular weight is 297 g/mol. The van der Waals surface area contributed by atoms with Crippen LogP contribution in [0.4, 0.5) is 5.69 Å². The lowest BCUT2D eigenvalue weighted by Crippen LogP contribution is -2.16. The Morgan fingerprint density at radius 2 is 1.82 bits per heavy atom. The molecule has 0 radical (unpaired) electrons. The van der Waals surface area contributed by atoms with E-state index in [0.29, 0.717) is 11.4 Å². The van der Waals surface area contributed by atoms with Gasteiger partial charge in [0.1, 0.15) is 5.75 Å². The molecule has 0 spiro atoms. The molecule has 3 nitrogen and oxygen atoms in total. The summed E-state index contributed by atoms with van der Waals surface area (Å²) in [6, 6.07) is 15.2. The van der Waals surface area contributed by atoms with Gasteiger partial charge in [-0.25, -0.2) is 0 Å². The van der Waals surface area contributed by atoms with Gasteiger partial charge < -0.3 is 9.94 Å². The molecule has 3 heteroatoms. The second-order valence-electron chi connectivity index (χ2n) is 5.98. The largest absolute Gasteiger partial charge is 0.618 e. The second kappa shape index (κ2) is 6.65. The zero-order valence-corrected chi connectivity index (χ0v) is 13.7. The van der Waals surface area contributed by atoms with E-state index in [2.05, 4.69) is 26.8 Å². The Hall–Kier alpha value is -2.29. The van der Waals surface area contributed by atoms with E-state index in [0.717, 1.165) is 16.7 Å². The summed E-state index contributed by atoms with van der Waals surface area (Å²) in [5, 5.41) is 12.3. The molecule has 116 valence electrons. The molecular formula is C19H23NO2. The fourth-order valence-corrected chi connectivity index (χ4v) is 2.24. The molecule has 0 unspecified atom stereocenters. The van der Waals surface area contributed by atoms with Gasteiger partial charge in [0.25, 0.3) is 0 Å². The summed E-state index contributed by atoms with van der Waals surface area (Å²) in [6.45, 7) is 6.56. The zero-order chi connectivity index (χ0) is 16.2. The number of methoxy groups -OCH3 is 1. The van der Waals surface area contributed by atoms with Gasteiger partial charge in [0, 0.05) is 12.1 Å². The third kappa shape index (κ3) is 3.48. The van der Waals surface area contributed by atoms with E-state index in [1.165, 1.54) is 5.56 Å². The minimum atomic E-state index is 0.0648. The Labute approximate surface area is 132 Å². The lowest BCUT2D eigenvalue weighted by atomic mass is 9.81. The molecule has 0 aliphatic rings. The average Bonchev–Trinajstić information content (AvgIpc) is 2.55. The van der Waals surface area contributed by atoms with Crippen molar-refractivity contribution >= 4 is 11.9 Å². The Morgan fingerprint density at radius 1 is 1.14 bits per heavy atom. The highest BCUT2D eigenvalue weighted by molar-refractivity contribution is 5.81. The van der Waals surface area contributed by atoms with E-state index in [4.69, 9.17) is 4.74 Å². The molecular weight excluding hydrogens is 274 g/mol. The predicted molar refractivity (Wildman–Crippen MR) is 91.2 cm³/mol. The van der Waals surface area contributed by atoms with Crippen molar-refractivity contribution in [1.82, 2.24) is 0 Å². The molecule has 0 heterocycles. The van der Waals surface area contributed by atoms with Crippen molar-refractivity contribution in [3.05, 3.63) is 64.9 Å². The molecule has 0 aliphatic carbocycles. The molecule has 0 aliphatic heterocycles. The number of hydrogen-bond donors (Lipinski definition) is 0. The summed E-state index contributed by atoms with van der Waals surface area (Å²) in [5.74, 6) is 0.701. The zero-order valence-electron chi connectivity index (χ0n) is 13.7. The smallest absolute Gasteiger partial charge is 0.216 e. The molecule has 0 aromatic heterocycles. The van der Waals surface area contributed by atoms with E-state index in [-0.39, 0.29) is 5.41 Å². The molecule has 0 N–H and O–H groups in total. The van der Waals surface area contributed by atoms with E-state index in [1.54, 1.807) is 25.5 Å². The van der Waals surface area contributed by atoms with Gasteiger partial charge in [0.2, 0.25) is 5.69 Å². The highest BCUT2D eigenvalue weighted by Crippen LogP contribution is 2.30. The van der Waals surface area contributed by atoms with Crippen LogP contribution >= 0.6 is 0 Å². The minimum Gasteiger partial charge on any atom is -0.618 e. The van der Waals surface area contributed by atoms with Crippen LogP contribution in [0.15, 0.2) is 48.5 Å². The van der Waals surface area contributed by atoms with Crippen LogP contribution in [0.2, 0.25) is 0 Å². The maximum atomic E-state index is 12.3. The van der Waals surface area contributed by atoms with Crippen LogP contribution in [0.25, 0.3) is 0 Å². The summed E-state index contributed by atoms with van der Waals surface area (Å²) in [7, 11) is 1.62. The minimum absolute atomic E-state index is 0.0648. The molecule has 0 fully saturated rings. The first kappa shape index (κ1) is 16.1. The molecule has 2 aromatic carbocycles. The first-order chi connectivity index (χ1) is 10.5. The summed E-state index contributed by atoms with van der Waals surface area (Å²) >= 11 is 0. The normalized spacial score (nSPS) is 12.3. The Kier molecular flexibility index (Phi) is 4.86. The Balaban J connectivity index is 2.47. The molecule has 0 saturated heterocycles. The van der Waals surface area contributed by atoms with Crippen LogP contribution < -0.4 is 4.74 Å². The molecule has 2 aromatic rings. The fourth-order valence-electron chi connectivity index (χ4n) is 2.24. The summed E-state index contributed by atoms with van der Waals surface area (Å²) in [4.78, 5) is 0. The van der Waals surface area contributed by atoms with Crippen molar-refractivity contribution in [2.45, 2.75) is 32.6 Å². The Bertz CT molecular complexity index is 660. The topological polar surface area (TPSA) is 35.3 Å². The number of para-hydroxylation sites is 1. The van der Waals surface area contributed by atoms with Crippen molar-refractivity contribution in [3.8, 4) is 5.75 Å². The molecule has 0 bridgehead atoms. The Morgan fingerprint density at radius 3 is 2.41 bits per heavy atom. The van der Waals surface area contributed by atoms with Gasteiger partial charge in [0.15, 0.2) is 6.21 Å². The summed E-state index contributed by atoms with van der Waals surface area (Å²) in [5.41, 5.74) is 2.66. The van der Waals surface area contributed by atoms with Crippen molar-refractivity contribution in [3.63, 3.8) is 0 Å². The predicted octanol–water partition coefficient (Wildman–Crippen LogP) is 4.64. The quantitative estimate of drug-likeness (QED) is 0.349. The first-order valence-electron chi connectivity index (χ1n) is 7.52. The van der Waals surface area contributed by atoms with Crippen LogP contribution in [-0.2, 0) is 5.41 Å². The van der Waals surface area contributed by atoms with Gasteiger partial charge in [0.05, 0.1) is 12.7 Å². The summed E-state index contributed by atoms with van der Waals surface area (Å²) < 4.78 is 6.26. The maximum Gasteiger partial charge on any atom is 0.216 e. The number of benzene rings is 2. The SMILES string of the molecule is CCC(C)(C)c1ccc(OC)c(/C=[N+](\[O-])c2ccccc2)c1. The van der Waals surface area contributed by atoms with Gasteiger partial charge in [-0.2, -0.15) is 4.74 Å². The van der Waals surface area contributed by atoms with Crippen LogP contribution in [0.5, 0.6) is 5.75 Å². The van der Waals surface area contributed by atoms with E-state index in [1.807, 2.05) is 30.3 Å². The molecule has 2 rings (SSSR count). The van der Waals surface area contributed by atoms with E-state index in [9.17, 15) is 5.21 Å². The van der Waals surface area contributed by atoms with Crippen molar-refractivity contribution in [2.75, 3.05) is 7.11 Å². The van der Waals surface area contributed by atoms with Gasteiger partial charge >= 0.3 is 0 Å². The van der Waals surface area contributed by atoms with Gasteiger partial charge in [-0.15, -0.1) is 0 Å². The van der Waals surface area contributed by atoms with Crippen LogP contribution in [0, 0.1) is 5.21 Å². The van der Waals surface area contributed by atoms with Crippen LogP contribution in [0.1, 0.15) is 38.3 Å². The highest BCUT2D eigenvalue weighted by Gasteiger charge is 2.20. The number of rotatable bonds is 5. The van der Waals surface area contributed by atoms with Gasteiger partial charge in [-0.05, 0) is 29.5 Å². The maximum absolute atomic E-state index is 12.3. The van der Waals surface area contributed by atoms with E-state index < -0.39 is 0 Å². The highest BCUT2D eigenvalue weighted by atomic mass is 16.5. The first-order valence-corrected chi connectivity index (χ1v) is 7.52. The lowest BCUT2D eigenvalue weighted by Gasteiger charge is -2.24. The van der Waals surface area contributed by atoms with Crippen molar-refractivity contribution in [1.29, 1.82) is 0 Å². The molecule has 22 heavy (non-hydrogen) atoms. The second-order valence-corrected chi connectivity index (χ2v) is 5.98. The van der Waals surface area contributed by atoms with Crippen molar-refractivity contribution < 1.29 is 9.48 Å². The standard InChI is InChI=1S/C19H23NO2/c1-5-19(2,3)16-11-12-18(22-4)15(13-16)14-20(21)17-9-7-6-8-10-17/h6-14H,5H2,1-4H3/b20-14-. The number of ether oxygens (including phenoxy) is 1. The third-order valence-electron chi connectivity index (χ3n) is 4.16. The number of nitrogens with zero attached hydrogens (tertiary/aromatic N) is 1. The number of hydrogen-bond acceptors (Lipinski definition) is 2. The van der Waals surface area contributed by atoms with Crippen LogP contribution in [0.3, 0.4) is 0 Å². The van der Waals surface area contributed by atoms with Gasteiger partial charge in [-0.1, -0.05) is 45.0 Å². The monoisotopic (exact) mass is 297 g/mol. The third-order valence-corrected chi connectivity index (χ3v) is 4.16. The van der Waals surface area contributed by atoms with Gasteiger partial charge in [-0.3, -0.25) is 0 Å². The lowest BCUT2D eigenvalue weighted by molar-refractivity contribution is -0.354. The molecule has 0 saturated carbocycles. The van der Waals surface area contributed by atoms with E-state index >= 15 is 0 Å².